The van der Waals surface area contributed by atoms with Crippen LogP contribution in [0.25, 0.3) is 23.2 Å². The van der Waals surface area contributed by atoms with Gasteiger partial charge in [-0.1, -0.05) is 41.4 Å². The number of fused-ring (bicyclic) bond motifs is 1. The molecule has 132 valence electrons. The molecule has 0 fully saturated rings. The molecule has 0 bridgehead atoms. The summed E-state index contributed by atoms with van der Waals surface area (Å²) < 4.78 is 1.53. The summed E-state index contributed by atoms with van der Waals surface area (Å²) >= 11 is 12.0. The van der Waals surface area contributed by atoms with E-state index in [4.69, 9.17) is 23.2 Å². The lowest BCUT2D eigenvalue weighted by Crippen LogP contribution is -2.25. The van der Waals surface area contributed by atoms with E-state index in [2.05, 4.69) is 4.98 Å². The van der Waals surface area contributed by atoms with Gasteiger partial charge in [0.2, 0.25) is 0 Å². The Morgan fingerprint density at radius 3 is 2.62 bits per heavy atom. The van der Waals surface area contributed by atoms with E-state index in [1.165, 1.54) is 16.7 Å². The van der Waals surface area contributed by atoms with Crippen LogP contribution >= 0.6 is 23.2 Å². The van der Waals surface area contributed by atoms with Crippen molar-refractivity contribution in [1.29, 1.82) is 0 Å². The second-order valence-electron chi connectivity index (χ2n) is 5.54. The molecule has 5 nitrogen and oxygen atoms in total. The fraction of sp³-hybridized carbons (Fsp3) is 0.105. The van der Waals surface area contributed by atoms with Crippen LogP contribution in [0, 0.1) is 0 Å². The lowest BCUT2D eigenvalue weighted by atomic mass is 10.1. The summed E-state index contributed by atoms with van der Waals surface area (Å²) in [5, 5.41) is 12.0. The molecule has 2 aromatic carbocycles. The van der Waals surface area contributed by atoms with E-state index in [-0.39, 0.29) is 16.8 Å². The van der Waals surface area contributed by atoms with Gasteiger partial charge in [0.1, 0.15) is 5.69 Å². The molecule has 0 saturated heterocycles. The second kappa shape index (κ2) is 7.32. The number of carboxylic acid groups (broad SMARTS) is 1. The van der Waals surface area contributed by atoms with E-state index < -0.39 is 5.97 Å². The maximum Gasteiger partial charge on any atom is 0.276 e. The van der Waals surface area contributed by atoms with Crippen molar-refractivity contribution in [1.82, 2.24) is 9.55 Å². The molecule has 26 heavy (non-hydrogen) atoms. The second-order valence-corrected chi connectivity index (χ2v) is 6.38. The van der Waals surface area contributed by atoms with E-state index >= 15 is 0 Å². The Labute approximate surface area is 159 Å². The van der Waals surface area contributed by atoms with Crippen LogP contribution in [-0.2, 0) is 6.54 Å². The molecule has 0 N–H and O–H groups in total. The van der Waals surface area contributed by atoms with Gasteiger partial charge in [0.05, 0.1) is 17.0 Å². The summed E-state index contributed by atoms with van der Waals surface area (Å²) in [6.07, 6.45) is 3.21. The predicted molar refractivity (Wildman–Crippen MR) is 101 cm³/mol. The van der Waals surface area contributed by atoms with Gasteiger partial charge in [0.15, 0.2) is 0 Å². The zero-order valence-corrected chi connectivity index (χ0v) is 15.2. The number of hydrogen-bond donors (Lipinski definition) is 0. The van der Waals surface area contributed by atoms with Crippen LogP contribution in [0.4, 0.5) is 0 Å². The smallest absolute Gasteiger partial charge is 0.276 e. The Balaban J connectivity index is 2.15. The fourth-order valence-corrected chi connectivity index (χ4v) is 3.09. The minimum Gasteiger partial charge on any atom is -0.545 e. The summed E-state index contributed by atoms with van der Waals surface area (Å²) in [4.78, 5) is 28.0. The van der Waals surface area contributed by atoms with E-state index in [0.717, 1.165) is 0 Å². The van der Waals surface area contributed by atoms with Crippen LogP contribution in [-0.4, -0.2) is 15.5 Å². The highest BCUT2D eigenvalue weighted by Gasteiger charge is 2.09. The molecule has 0 aliphatic carbocycles. The van der Waals surface area contributed by atoms with E-state index in [1.807, 2.05) is 6.92 Å². The van der Waals surface area contributed by atoms with Crippen molar-refractivity contribution in [3.63, 3.8) is 0 Å². The molecule has 1 heterocycles. The molecule has 0 amide bonds. The molecule has 0 aliphatic rings. The van der Waals surface area contributed by atoms with Crippen molar-refractivity contribution < 1.29 is 9.90 Å². The third-order valence-electron chi connectivity index (χ3n) is 3.91. The molecule has 0 unspecified atom stereocenters. The van der Waals surface area contributed by atoms with Crippen molar-refractivity contribution in [2.75, 3.05) is 0 Å². The van der Waals surface area contributed by atoms with Crippen molar-refractivity contribution in [3.05, 3.63) is 73.6 Å². The molecular weight excluding hydrogens is 375 g/mol. The van der Waals surface area contributed by atoms with Gasteiger partial charge in [-0.3, -0.25) is 4.79 Å². The number of aryl methyl sites for hydroxylation is 1. The Morgan fingerprint density at radius 2 is 1.96 bits per heavy atom. The molecule has 3 aromatic rings. The van der Waals surface area contributed by atoms with Gasteiger partial charge >= 0.3 is 0 Å². The Hall–Kier alpha value is -2.63. The molecule has 7 heteroatoms. The minimum atomic E-state index is -1.30. The Morgan fingerprint density at radius 1 is 1.19 bits per heavy atom. The summed E-state index contributed by atoms with van der Waals surface area (Å²) in [7, 11) is 0. The predicted octanol–water partition coefficient (Wildman–Crippen LogP) is 3.26. The number of carbonyl (C=O) groups excluding carboxylic acids is 1. The first-order valence-electron chi connectivity index (χ1n) is 7.79. The van der Waals surface area contributed by atoms with Crippen LogP contribution in [0.2, 0.25) is 10.0 Å². The lowest BCUT2D eigenvalue weighted by Gasteiger charge is -2.10. The highest BCUT2D eigenvalue weighted by Crippen LogP contribution is 2.22. The minimum absolute atomic E-state index is 0.00183. The molecular formula is C19H13Cl2N2O3-. The maximum absolute atomic E-state index is 12.7. The number of halogens is 2. The van der Waals surface area contributed by atoms with Gasteiger partial charge in [0.25, 0.3) is 5.56 Å². The van der Waals surface area contributed by atoms with Crippen molar-refractivity contribution in [2.45, 2.75) is 13.5 Å². The topological polar surface area (TPSA) is 75.0 Å². The van der Waals surface area contributed by atoms with Gasteiger partial charge in [-0.05, 0) is 48.4 Å². The molecule has 0 saturated carbocycles. The summed E-state index contributed by atoms with van der Waals surface area (Å²) in [5.74, 6) is -1.30. The number of carboxylic acids is 1. The largest absolute Gasteiger partial charge is 0.545 e. The molecule has 1 aromatic heterocycles. The van der Waals surface area contributed by atoms with Crippen LogP contribution in [0.5, 0.6) is 0 Å². The first kappa shape index (κ1) is 18.2. The molecule has 3 rings (SSSR count). The van der Waals surface area contributed by atoms with E-state index in [9.17, 15) is 14.7 Å². The Kier molecular flexibility index (Phi) is 5.11. The average molecular weight is 388 g/mol. The van der Waals surface area contributed by atoms with Crippen LogP contribution < -0.4 is 10.7 Å². The van der Waals surface area contributed by atoms with E-state index in [0.29, 0.717) is 33.2 Å². The highest BCUT2D eigenvalue weighted by molar-refractivity contribution is 6.35. The highest BCUT2D eigenvalue weighted by atomic mass is 35.5. The monoisotopic (exact) mass is 387 g/mol. The zero-order valence-electron chi connectivity index (χ0n) is 13.7. The van der Waals surface area contributed by atoms with E-state index in [1.54, 1.807) is 36.4 Å². The van der Waals surface area contributed by atoms with Crippen LogP contribution in [0.1, 0.15) is 28.5 Å². The normalized spacial score (nSPS) is 11.3. The third-order valence-corrected chi connectivity index (χ3v) is 4.47. The molecule has 0 atom stereocenters. The molecule has 0 aliphatic heterocycles. The quantitative estimate of drug-likeness (QED) is 0.688. The lowest BCUT2D eigenvalue weighted by molar-refractivity contribution is -0.255. The number of aromatic nitrogens is 2. The van der Waals surface area contributed by atoms with Gasteiger partial charge in [0, 0.05) is 16.6 Å². The van der Waals surface area contributed by atoms with Crippen molar-refractivity contribution in [3.8, 4) is 0 Å². The van der Waals surface area contributed by atoms with Crippen molar-refractivity contribution >= 4 is 52.4 Å². The standard InChI is InChI=1S/C19H14Cl2N2O3/c1-2-23-17-8-5-12(19(25)26)9-16(17)22-15(18(23)24)7-4-11-3-6-13(20)10-14(11)21/h3-10H,2H2,1H3,(H,25,26)/p-1/b7-4+. The molecule has 0 radical (unpaired) electrons. The first-order chi connectivity index (χ1) is 12.4. The maximum atomic E-state index is 12.7. The molecule has 0 spiro atoms. The summed E-state index contributed by atoms with van der Waals surface area (Å²) in [6.45, 7) is 2.25. The third kappa shape index (κ3) is 3.49. The Bertz CT molecular complexity index is 1100. The fourth-order valence-electron chi connectivity index (χ4n) is 2.62. The number of aromatic carboxylic acids is 1. The number of nitrogens with zero attached hydrogens (tertiary/aromatic N) is 2. The SMILES string of the molecule is CCn1c(=O)c(/C=C/c2ccc(Cl)cc2Cl)nc2cc(C(=O)[O-])ccc21. The number of rotatable bonds is 4. The van der Waals surface area contributed by atoms with Gasteiger partial charge in [-0.15, -0.1) is 0 Å². The number of benzene rings is 2. The van der Waals surface area contributed by atoms with Gasteiger partial charge in [-0.25, -0.2) is 4.98 Å². The van der Waals surface area contributed by atoms with Crippen molar-refractivity contribution in [2.24, 2.45) is 0 Å². The van der Waals surface area contributed by atoms with Crippen LogP contribution in [0.3, 0.4) is 0 Å². The van der Waals surface area contributed by atoms with Gasteiger partial charge < -0.3 is 14.5 Å². The van der Waals surface area contributed by atoms with Crippen LogP contribution in [0.15, 0.2) is 41.2 Å². The zero-order chi connectivity index (χ0) is 18.8. The first-order valence-corrected chi connectivity index (χ1v) is 8.55. The van der Waals surface area contributed by atoms with Gasteiger partial charge in [-0.2, -0.15) is 0 Å². The average Bonchev–Trinajstić information content (AvgIpc) is 2.60. The number of hydrogen-bond acceptors (Lipinski definition) is 4. The summed E-state index contributed by atoms with van der Waals surface area (Å²) in [6, 6.07) is 9.37. The summed E-state index contributed by atoms with van der Waals surface area (Å²) in [5.41, 5.74) is 1.55. The number of carbonyl (C=O) groups is 1.